The molecule has 3 aromatic rings. The summed E-state index contributed by atoms with van der Waals surface area (Å²) in [6.45, 7) is 5.40. The molecule has 13 heteroatoms. The largest absolute Gasteiger partial charge is 0.359 e. The summed E-state index contributed by atoms with van der Waals surface area (Å²) in [7, 11) is 0. The molecule has 1 amide bonds. The minimum atomic E-state index is -0.299. The Hall–Kier alpha value is -2.13. The number of amides is 1. The van der Waals surface area contributed by atoms with Crippen molar-refractivity contribution in [3.05, 3.63) is 39.3 Å². The van der Waals surface area contributed by atoms with Gasteiger partial charge in [0.25, 0.3) is 5.91 Å². The van der Waals surface area contributed by atoms with Crippen LogP contribution < -0.4 is 15.1 Å². The standard InChI is InChI=1S/C29H33Cl2N7OS2.ClH/c30-21-15-24(40-18-21)25-28(38-12-10-36(11-13-38)22-4-2-1-3-5-22)41-29(34-25)35-27(39)20-14-23(31)26(33-17-20)37-8-6-19(16-32)7-9-37;/h14-15,17-19,22H,1-13H2,(H,34,35,39);1H. The van der Waals surface area contributed by atoms with Gasteiger partial charge in [0.1, 0.15) is 16.5 Å². The van der Waals surface area contributed by atoms with Gasteiger partial charge in [-0.05, 0) is 37.8 Å². The van der Waals surface area contributed by atoms with Gasteiger partial charge in [-0.15, -0.1) is 23.7 Å². The van der Waals surface area contributed by atoms with Gasteiger partial charge in [0.2, 0.25) is 0 Å². The Morgan fingerprint density at radius 3 is 2.38 bits per heavy atom. The lowest BCUT2D eigenvalue weighted by Gasteiger charge is -2.41. The second kappa shape index (κ2) is 14.1. The third-order valence-electron chi connectivity index (χ3n) is 8.38. The molecule has 3 aromatic heterocycles. The van der Waals surface area contributed by atoms with Crippen LogP contribution in [0.2, 0.25) is 10.0 Å². The number of pyridine rings is 1. The highest BCUT2D eigenvalue weighted by Gasteiger charge is 2.29. The van der Waals surface area contributed by atoms with Crippen LogP contribution in [0.1, 0.15) is 55.3 Å². The highest BCUT2D eigenvalue weighted by atomic mass is 35.5. The van der Waals surface area contributed by atoms with Gasteiger partial charge in [-0.2, -0.15) is 5.26 Å². The van der Waals surface area contributed by atoms with Crippen LogP contribution in [0.25, 0.3) is 10.6 Å². The molecule has 1 N–H and O–H groups in total. The van der Waals surface area contributed by atoms with Crippen molar-refractivity contribution in [2.45, 2.75) is 51.0 Å². The maximum atomic E-state index is 13.3. The smallest absolute Gasteiger partial charge is 0.259 e. The van der Waals surface area contributed by atoms with Crippen molar-refractivity contribution < 1.29 is 4.79 Å². The van der Waals surface area contributed by atoms with Crippen molar-refractivity contribution in [1.29, 1.82) is 5.26 Å². The van der Waals surface area contributed by atoms with Crippen LogP contribution in [0.5, 0.6) is 0 Å². The first-order chi connectivity index (χ1) is 20.0. The number of piperidine rings is 1. The number of carbonyl (C=O) groups is 1. The fourth-order valence-electron chi connectivity index (χ4n) is 6.09. The molecular formula is C29H34Cl3N7OS2. The average molecular weight is 667 g/mol. The number of thiazole rings is 1. The first-order valence-electron chi connectivity index (χ1n) is 14.3. The molecule has 0 aromatic carbocycles. The molecule has 1 saturated carbocycles. The van der Waals surface area contributed by atoms with Crippen LogP contribution in [-0.4, -0.2) is 66.1 Å². The molecule has 0 bridgehead atoms. The molecule has 6 rings (SSSR count). The number of carbonyl (C=O) groups excluding carboxylic acids is 1. The highest BCUT2D eigenvalue weighted by Crippen LogP contribution is 2.42. The van der Waals surface area contributed by atoms with Crippen LogP contribution in [0.3, 0.4) is 0 Å². The summed E-state index contributed by atoms with van der Waals surface area (Å²) >= 11 is 15.9. The molecule has 1 aliphatic carbocycles. The summed E-state index contributed by atoms with van der Waals surface area (Å²) in [6.07, 6.45) is 9.82. The number of nitriles is 1. The van der Waals surface area contributed by atoms with E-state index in [-0.39, 0.29) is 24.2 Å². The lowest BCUT2D eigenvalue weighted by atomic mass is 9.94. The van der Waals surface area contributed by atoms with Gasteiger partial charge >= 0.3 is 0 Å². The Morgan fingerprint density at radius 2 is 1.74 bits per heavy atom. The van der Waals surface area contributed by atoms with Gasteiger partial charge in [0, 0.05) is 62.8 Å². The second-order valence-electron chi connectivity index (χ2n) is 11.0. The van der Waals surface area contributed by atoms with Gasteiger partial charge < -0.3 is 9.80 Å². The molecule has 224 valence electrons. The number of rotatable bonds is 6. The summed E-state index contributed by atoms with van der Waals surface area (Å²) in [5, 5.41) is 16.8. The first-order valence-corrected chi connectivity index (χ1v) is 16.8. The monoisotopic (exact) mass is 665 g/mol. The molecule has 2 aliphatic heterocycles. The maximum absolute atomic E-state index is 13.3. The Balaban J connectivity index is 0.00000353. The molecule has 2 saturated heterocycles. The van der Waals surface area contributed by atoms with E-state index >= 15 is 0 Å². The van der Waals surface area contributed by atoms with E-state index in [1.54, 1.807) is 23.6 Å². The predicted molar refractivity (Wildman–Crippen MR) is 176 cm³/mol. The third-order valence-corrected chi connectivity index (χ3v) is 11.0. The van der Waals surface area contributed by atoms with Crippen molar-refractivity contribution in [2.24, 2.45) is 5.92 Å². The summed E-state index contributed by atoms with van der Waals surface area (Å²) in [5.41, 5.74) is 1.24. The molecule has 8 nitrogen and oxygen atoms in total. The SMILES string of the molecule is Cl.N#CC1CCN(c2ncc(C(=O)Nc3nc(-c4cc(Cl)cs4)c(N4CCN(C5CCCCC5)CC4)s3)cc2Cl)CC1. The molecule has 3 aliphatic rings. The van der Waals surface area contributed by atoms with Crippen molar-refractivity contribution in [3.8, 4) is 16.6 Å². The van der Waals surface area contributed by atoms with Crippen LogP contribution in [-0.2, 0) is 0 Å². The Morgan fingerprint density at radius 1 is 1.00 bits per heavy atom. The van der Waals surface area contributed by atoms with E-state index in [4.69, 9.17) is 28.2 Å². The van der Waals surface area contributed by atoms with Crippen LogP contribution in [0.15, 0.2) is 23.7 Å². The van der Waals surface area contributed by atoms with Crippen LogP contribution in [0.4, 0.5) is 16.0 Å². The number of piperazine rings is 1. The number of aromatic nitrogens is 2. The number of anilines is 3. The zero-order chi connectivity index (χ0) is 28.3. The molecular weight excluding hydrogens is 633 g/mol. The van der Waals surface area contributed by atoms with Crippen LogP contribution >= 0.6 is 58.3 Å². The van der Waals surface area contributed by atoms with Gasteiger partial charge in [0.15, 0.2) is 5.13 Å². The van der Waals surface area contributed by atoms with Crippen molar-refractivity contribution in [3.63, 3.8) is 0 Å². The van der Waals surface area contributed by atoms with Gasteiger partial charge in [0.05, 0.1) is 26.6 Å². The van der Waals surface area contributed by atoms with Crippen molar-refractivity contribution in [2.75, 3.05) is 54.4 Å². The van der Waals surface area contributed by atoms with Gasteiger partial charge in [-0.25, -0.2) is 9.97 Å². The van der Waals surface area contributed by atoms with Gasteiger partial charge in [-0.3, -0.25) is 15.0 Å². The average Bonchev–Trinajstić information content (AvgIpc) is 3.63. The van der Waals surface area contributed by atoms with E-state index in [9.17, 15) is 10.1 Å². The Kier molecular flexibility index (Phi) is 10.5. The van der Waals surface area contributed by atoms with E-state index in [1.165, 1.54) is 43.4 Å². The fraction of sp³-hybridized carbons (Fsp3) is 0.517. The first kappa shape index (κ1) is 31.3. The summed E-state index contributed by atoms with van der Waals surface area (Å²) in [4.78, 5) is 30.8. The molecule has 0 spiro atoms. The summed E-state index contributed by atoms with van der Waals surface area (Å²) in [5.74, 6) is 0.432. The molecule has 0 radical (unpaired) electrons. The molecule has 3 fully saturated rings. The number of nitrogens with one attached hydrogen (secondary N) is 1. The fourth-order valence-corrected chi connectivity index (χ4v) is 8.53. The van der Waals surface area contributed by atoms with Crippen molar-refractivity contribution >= 4 is 80.1 Å². The number of thiophene rings is 1. The quantitative estimate of drug-likeness (QED) is 0.293. The van der Waals surface area contributed by atoms with E-state index in [2.05, 4.69) is 31.1 Å². The molecule has 0 atom stereocenters. The Bertz CT molecular complexity index is 1420. The molecule has 42 heavy (non-hydrogen) atoms. The third kappa shape index (κ3) is 6.98. The van der Waals surface area contributed by atoms with E-state index in [0.717, 1.165) is 67.7 Å². The van der Waals surface area contributed by atoms with Crippen LogP contribution in [0, 0.1) is 17.2 Å². The number of hydrogen-bond donors (Lipinski definition) is 1. The van der Waals surface area contributed by atoms with Crippen molar-refractivity contribution in [1.82, 2.24) is 14.9 Å². The molecule has 0 unspecified atom stereocenters. The highest BCUT2D eigenvalue weighted by molar-refractivity contribution is 7.21. The normalized spacial score (nSPS) is 18.9. The number of halogens is 3. The molecule has 5 heterocycles. The predicted octanol–water partition coefficient (Wildman–Crippen LogP) is 7.44. The zero-order valence-corrected chi connectivity index (χ0v) is 27.2. The minimum absolute atomic E-state index is 0. The summed E-state index contributed by atoms with van der Waals surface area (Å²) < 4.78 is 0. The number of hydrogen-bond acceptors (Lipinski definition) is 9. The van der Waals surface area contributed by atoms with Gasteiger partial charge in [-0.1, -0.05) is 53.8 Å². The summed E-state index contributed by atoms with van der Waals surface area (Å²) in [6, 6.07) is 6.66. The topological polar surface area (TPSA) is 88.4 Å². The second-order valence-corrected chi connectivity index (χ2v) is 13.7. The minimum Gasteiger partial charge on any atom is -0.359 e. The zero-order valence-electron chi connectivity index (χ0n) is 23.2. The lowest BCUT2D eigenvalue weighted by Crippen LogP contribution is -2.50. The maximum Gasteiger partial charge on any atom is 0.259 e. The van der Waals surface area contributed by atoms with E-state index in [0.29, 0.717) is 32.6 Å². The lowest BCUT2D eigenvalue weighted by molar-refractivity contribution is 0.102. The number of nitrogens with zero attached hydrogens (tertiary/aromatic N) is 6. The van der Waals surface area contributed by atoms with E-state index < -0.39 is 0 Å². The van der Waals surface area contributed by atoms with E-state index in [1.807, 2.05) is 11.4 Å². The Labute approximate surface area is 271 Å².